The summed E-state index contributed by atoms with van der Waals surface area (Å²) in [5.41, 5.74) is 2.85. The Morgan fingerprint density at radius 3 is 2.11 bits per heavy atom. The topological polar surface area (TPSA) is 45.7 Å². The molecule has 2 N–H and O–H groups in total. The first kappa shape index (κ1) is 22.4. The fraction of sp³-hybridized carbons (Fsp3) is 0.560. The van der Waals surface area contributed by atoms with Gasteiger partial charge in [-0.3, -0.25) is 0 Å². The van der Waals surface area contributed by atoms with E-state index in [0.29, 0.717) is 13.0 Å². The Bertz CT molecular complexity index is 678. The Balaban J connectivity index is 1.47. The van der Waals surface area contributed by atoms with Crippen LogP contribution in [0.1, 0.15) is 89.5 Å². The minimum Gasteiger partial charge on any atom is -0.0896 e. The SMILES string of the molecule is CCCCCCCCCCCCCC(=[O+])O[NH2+]Cc1cccc2ccccc12. The zero-order valence-electron chi connectivity index (χ0n) is 17.6. The second kappa shape index (κ2) is 14.2. The largest absolute Gasteiger partial charge is 0.638 e. The molecule has 0 unspecified atom stereocenters. The van der Waals surface area contributed by atoms with Gasteiger partial charge in [0.05, 0.1) is 4.79 Å². The highest BCUT2D eigenvalue weighted by Gasteiger charge is 2.20. The second-order valence-corrected chi connectivity index (χ2v) is 7.78. The maximum Gasteiger partial charge on any atom is 0.638 e. The minimum absolute atomic E-state index is 0.101. The smallest absolute Gasteiger partial charge is 0.0896 e. The molecular formula is C25H38NO2+2. The molecule has 2 aromatic carbocycles. The predicted molar refractivity (Wildman–Crippen MR) is 117 cm³/mol. The fourth-order valence-corrected chi connectivity index (χ4v) is 3.69. The number of quaternary nitrogens is 1. The maximum absolute atomic E-state index is 11.9. The predicted octanol–water partition coefficient (Wildman–Crippen LogP) is 6.06. The first-order chi connectivity index (χ1) is 13.8. The molecule has 0 heterocycles. The van der Waals surface area contributed by atoms with Crippen molar-refractivity contribution in [3.63, 3.8) is 0 Å². The molecule has 0 bridgehead atoms. The van der Waals surface area contributed by atoms with E-state index in [0.717, 1.165) is 12.8 Å². The van der Waals surface area contributed by atoms with E-state index in [4.69, 9.17) is 4.84 Å². The van der Waals surface area contributed by atoms with Crippen molar-refractivity contribution in [1.82, 2.24) is 0 Å². The van der Waals surface area contributed by atoms with Crippen LogP contribution < -0.4 is 5.48 Å². The van der Waals surface area contributed by atoms with Crippen LogP contribution in [0.15, 0.2) is 42.5 Å². The first-order valence-electron chi connectivity index (χ1n) is 11.3. The Morgan fingerprint density at radius 1 is 0.786 bits per heavy atom. The molecule has 2 aromatic rings. The van der Waals surface area contributed by atoms with Gasteiger partial charge >= 0.3 is 5.97 Å². The Kier molecular flexibility index (Phi) is 11.3. The van der Waals surface area contributed by atoms with E-state index < -0.39 is 0 Å². The van der Waals surface area contributed by atoms with Gasteiger partial charge in [-0.05, 0) is 17.2 Å². The molecule has 153 valence electrons. The molecule has 0 saturated heterocycles. The zero-order chi connectivity index (χ0) is 19.9. The first-order valence-corrected chi connectivity index (χ1v) is 11.3. The Morgan fingerprint density at radius 2 is 1.39 bits per heavy atom. The number of unbranched alkanes of at least 4 members (excludes halogenated alkanes) is 10. The number of carbonyl (C=O) groups is 1. The summed E-state index contributed by atoms with van der Waals surface area (Å²) in [6.45, 7) is 2.92. The third-order valence-corrected chi connectivity index (χ3v) is 5.38. The van der Waals surface area contributed by atoms with Crippen molar-refractivity contribution in [2.75, 3.05) is 0 Å². The lowest BCUT2D eigenvalue weighted by Gasteiger charge is -2.02. The van der Waals surface area contributed by atoms with Gasteiger partial charge in [-0.15, -0.1) is 0 Å². The van der Waals surface area contributed by atoms with Crippen molar-refractivity contribution < 1.29 is 15.1 Å². The number of rotatable bonds is 15. The molecule has 2 rings (SSSR count). The number of hydroxylamine groups is 1. The van der Waals surface area contributed by atoms with Crippen LogP contribution in [0.25, 0.3) is 10.8 Å². The minimum atomic E-state index is -0.101. The highest BCUT2D eigenvalue weighted by atomic mass is 16.7. The Hall–Kier alpha value is -1.87. The lowest BCUT2D eigenvalue weighted by atomic mass is 10.1. The summed E-state index contributed by atoms with van der Waals surface area (Å²) in [6, 6.07) is 14.6. The molecule has 0 spiro atoms. The van der Waals surface area contributed by atoms with Gasteiger partial charge in [0.2, 0.25) is 0 Å². The van der Waals surface area contributed by atoms with Gasteiger partial charge in [-0.25, -0.2) is 0 Å². The molecule has 0 aliphatic rings. The second-order valence-electron chi connectivity index (χ2n) is 7.78. The molecule has 0 aliphatic carbocycles. The van der Waals surface area contributed by atoms with Gasteiger partial charge in [-0.2, -0.15) is 0 Å². The number of benzene rings is 2. The van der Waals surface area contributed by atoms with Crippen molar-refractivity contribution in [2.24, 2.45) is 0 Å². The van der Waals surface area contributed by atoms with Crippen molar-refractivity contribution in [3.8, 4) is 0 Å². The van der Waals surface area contributed by atoms with Crippen LogP contribution in [0, 0.1) is 0 Å². The fourth-order valence-electron chi connectivity index (χ4n) is 3.69. The highest BCUT2D eigenvalue weighted by Crippen LogP contribution is 2.17. The van der Waals surface area contributed by atoms with Crippen LogP contribution in [0.2, 0.25) is 0 Å². The van der Waals surface area contributed by atoms with Gasteiger partial charge in [-0.1, -0.05) is 124 Å². The van der Waals surface area contributed by atoms with E-state index in [1.54, 1.807) is 5.48 Å². The van der Waals surface area contributed by atoms with E-state index in [-0.39, 0.29) is 5.97 Å². The molecular weight excluding hydrogens is 346 g/mol. The zero-order valence-corrected chi connectivity index (χ0v) is 17.6. The average Bonchev–Trinajstić information content (AvgIpc) is 2.72. The molecule has 0 amide bonds. The molecule has 28 heavy (non-hydrogen) atoms. The van der Waals surface area contributed by atoms with Gasteiger partial charge in [0, 0.05) is 5.56 Å². The Labute approximate surface area is 170 Å². The lowest BCUT2D eigenvalue weighted by molar-refractivity contribution is -0.884. The number of carbonyl (C=O) groups excluding carboxylic acids is 1. The molecule has 3 heteroatoms. The molecule has 0 fully saturated rings. The quantitative estimate of drug-likeness (QED) is 0.230. The van der Waals surface area contributed by atoms with Crippen LogP contribution >= 0.6 is 0 Å². The summed E-state index contributed by atoms with van der Waals surface area (Å²) in [6.07, 6.45) is 14.7. The molecule has 0 atom stereocenters. The van der Waals surface area contributed by atoms with Crippen LogP contribution in [0.4, 0.5) is 0 Å². The molecule has 1 radical (unpaired) electrons. The summed E-state index contributed by atoms with van der Waals surface area (Å²) >= 11 is 0. The van der Waals surface area contributed by atoms with Gasteiger partial charge in [0.1, 0.15) is 6.42 Å². The van der Waals surface area contributed by atoms with Crippen LogP contribution in [0.5, 0.6) is 0 Å². The van der Waals surface area contributed by atoms with E-state index in [9.17, 15) is 4.79 Å². The highest BCUT2D eigenvalue weighted by molar-refractivity contribution is 5.85. The van der Waals surface area contributed by atoms with E-state index in [2.05, 4.69) is 37.3 Å². The van der Waals surface area contributed by atoms with E-state index >= 15 is 0 Å². The third-order valence-electron chi connectivity index (χ3n) is 5.38. The molecule has 0 aliphatic heterocycles. The average molecular weight is 385 g/mol. The van der Waals surface area contributed by atoms with Crippen molar-refractivity contribution in [1.29, 1.82) is 0 Å². The van der Waals surface area contributed by atoms with Gasteiger partial charge in [0.15, 0.2) is 6.54 Å². The van der Waals surface area contributed by atoms with E-state index in [1.165, 1.54) is 74.1 Å². The molecule has 0 saturated carbocycles. The summed E-state index contributed by atoms with van der Waals surface area (Å²) in [5.74, 6) is -0.101. The van der Waals surface area contributed by atoms with Crippen LogP contribution in [-0.2, 0) is 16.2 Å². The molecule has 0 aromatic heterocycles. The number of nitrogens with two attached hydrogens (primary N) is 1. The standard InChI is InChI=1S/C25H37NO2/c1-2-3-4-5-6-7-8-9-10-11-12-20-25(27)28-26-21-23-18-15-17-22-16-13-14-19-24(22)23/h13-19,26H,2-12,20-21H2,1H3/q+1/p+1. The van der Waals surface area contributed by atoms with Crippen LogP contribution in [0.3, 0.4) is 0 Å². The van der Waals surface area contributed by atoms with Gasteiger partial charge in [0.25, 0.3) is 0 Å². The lowest BCUT2D eigenvalue weighted by Crippen LogP contribution is -2.82. The summed E-state index contributed by atoms with van der Waals surface area (Å²) in [5, 5.41) is 2.45. The van der Waals surface area contributed by atoms with Crippen LogP contribution in [-0.4, -0.2) is 5.97 Å². The summed E-state index contributed by atoms with van der Waals surface area (Å²) in [4.78, 5) is 17.2. The van der Waals surface area contributed by atoms with Crippen molar-refractivity contribution in [2.45, 2.75) is 90.5 Å². The normalized spacial score (nSPS) is 11.0. The van der Waals surface area contributed by atoms with Gasteiger partial charge < -0.3 is 0 Å². The van der Waals surface area contributed by atoms with Crippen molar-refractivity contribution >= 4 is 16.7 Å². The summed E-state index contributed by atoms with van der Waals surface area (Å²) < 4.78 is 0. The third kappa shape index (κ3) is 8.88. The van der Waals surface area contributed by atoms with Crippen molar-refractivity contribution in [3.05, 3.63) is 48.0 Å². The number of fused-ring (bicyclic) bond motifs is 1. The summed E-state index contributed by atoms with van der Waals surface area (Å²) in [7, 11) is 0. The molecule has 3 nitrogen and oxygen atoms in total. The number of hydrogen-bond donors (Lipinski definition) is 1. The maximum atomic E-state index is 11.9. The monoisotopic (exact) mass is 384 g/mol. The van der Waals surface area contributed by atoms with E-state index in [1.807, 2.05) is 12.1 Å². The number of hydrogen-bond acceptors (Lipinski definition) is 2.